The average molecular weight is 444 g/mol. The van der Waals surface area contributed by atoms with Crippen LogP contribution in [-0.4, -0.2) is 50.7 Å². The third kappa shape index (κ3) is 5.02. The van der Waals surface area contributed by atoms with Crippen LogP contribution < -0.4 is 14.4 Å². The number of benzene rings is 2. The SMILES string of the molecule is CCS(=O)(=O)N1C[C@H](C(=O)NCc2cccc(CN3CCCC3)c2)Oc2ccccc21. The van der Waals surface area contributed by atoms with E-state index in [4.69, 9.17) is 4.74 Å². The minimum Gasteiger partial charge on any atom is -0.476 e. The molecule has 0 saturated carbocycles. The van der Waals surface area contributed by atoms with Crippen molar-refractivity contribution in [3.8, 4) is 5.75 Å². The van der Waals surface area contributed by atoms with Crippen LogP contribution in [-0.2, 0) is 27.9 Å². The maximum Gasteiger partial charge on any atom is 0.263 e. The van der Waals surface area contributed by atoms with Crippen molar-refractivity contribution < 1.29 is 17.9 Å². The van der Waals surface area contributed by atoms with Crippen molar-refractivity contribution in [1.29, 1.82) is 0 Å². The highest BCUT2D eigenvalue weighted by atomic mass is 32.2. The van der Waals surface area contributed by atoms with E-state index in [1.54, 1.807) is 31.2 Å². The van der Waals surface area contributed by atoms with E-state index in [-0.39, 0.29) is 18.2 Å². The number of para-hydroxylation sites is 2. The Balaban J connectivity index is 1.42. The number of amides is 1. The fourth-order valence-electron chi connectivity index (χ4n) is 4.10. The molecule has 7 nitrogen and oxygen atoms in total. The van der Waals surface area contributed by atoms with E-state index in [2.05, 4.69) is 22.3 Å². The van der Waals surface area contributed by atoms with Crippen molar-refractivity contribution in [3.05, 3.63) is 59.7 Å². The third-order valence-corrected chi connectivity index (χ3v) is 7.54. The van der Waals surface area contributed by atoms with Gasteiger partial charge in [0.1, 0.15) is 5.75 Å². The topological polar surface area (TPSA) is 79.0 Å². The van der Waals surface area contributed by atoms with E-state index in [0.717, 1.165) is 25.2 Å². The summed E-state index contributed by atoms with van der Waals surface area (Å²) in [4.78, 5) is 15.3. The zero-order chi connectivity index (χ0) is 21.8. The zero-order valence-electron chi connectivity index (χ0n) is 17.8. The van der Waals surface area contributed by atoms with Gasteiger partial charge in [-0.05, 0) is 56.1 Å². The number of hydrogen-bond acceptors (Lipinski definition) is 5. The fourth-order valence-corrected chi connectivity index (χ4v) is 5.22. The quantitative estimate of drug-likeness (QED) is 0.711. The minimum absolute atomic E-state index is 0.0337. The van der Waals surface area contributed by atoms with Crippen LogP contribution in [0.2, 0.25) is 0 Å². The molecule has 0 aromatic heterocycles. The van der Waals surface area contributed by atoms with Crippen LogP contribution in [0.15, 0.2) is 48.5 Å². The van der Waals surface area contributed by atoms with Gasteiger partial charge in [0, 0.05) is 13.1 Å². The van der Waals surface area contributed by atoms with Gasteiger partial charge in [-0.3, -0.25) is 14.0 Å². The highest BCUT2D eigenvalue weighted by Crippen LogP contribution is 2.35. The van der Waals surface area contributed by atoms with Gasteiger partial charge in [-0.15, -0.1) is 0 Å². The van der Waals surface area contributed by atoms with Crippen LogP contribution in [0.3, 0.4) is 0 Å². The van der Waals surface area contributed by atoms with Crippen molar-refractivity contribution in [2.24, 2.45) is 0 Å². The van der Waals surface area contributed by atoms with E-state index in [1.807, 2.05) is 12.1 Å². The number of likely N-dealkylation sites (tertiary alicyclic amines) is 1. The molecule has 0 bridgehead atoms. The molecule has 1 saturated heterocycles. The van der Waals surface area contributed by atoms with Crippen LogP contribution in [0.25, 0.3) is 0 Å². The van der Waals surface area contributed by atoms with Crippen molar-refractivity contribution in [3.63, 3.8) is 0 Å². The summed E-state index contributed by atoms with van der Waals surface area (Å²) in [6, 6.07) is 15.1. The molecule has 2 heterocycles. The van der Waals surface area contributed by atoms with Gasteiger partial charge < -0.3 is 10.1 Å². The Labute approximate surface area is 184 Å². The fraction of sp³-hybridized carbons (Fsp3) is 0.435. The zero-order valence-corrected chi connectivity index (χ0v) is 18.6. The lowest BCUT2D eigenvalue weighted by atomic mass is 10.1. The minimum atomic E-state index is -3.52. The summed E-state index contributed by atoms with van der Waals surface area (Å²) in [6.07, 6.45) is 1.61. The molecule has 8 heteroatoms. The number of ether oxygens (including phenoxy) is 1. The number of nitrogens with one attached hydrogen (secondary N) is 1. The molecule has 31 heavy (non-hydrogen) atoms. The summed E-state index contributed by atoms with van der Waals surface area (Å²) in [5.41, 5.74) is 2.72. The number of anilines is 1. The Kier molecular flexibility index (Phi) is 6.48. The van der Waals surface area contributed by atoms with Crippen molar-refractivity contribution in [2.75, 3.05) is 29.7 Å². The lowest BCUT2D eigenvalue weighted by molar-refractivity contribution is -0.127. The summed E-state index contributed by atoms with van der Waals surface area (Å²) in [5, 5.41) is 2.91. The van der Waals surface area contributed by atoms with Gasteiger partial charge in [-0.2, -0.15) is 0 Å². The summed E-state index contributed by atoms with van der Waals surface area (Å²) in [6.45, 7) is 5.13. The maximum atomic E-state index is 12.8. The molecule has 2 aromatic rings. The number of carbonyl (C=O) groups excluding carboxylic acids is 1. The Morgan fingerprint density at radius 2 is 1.84 bits per heavy atom. The van der Waals surface area contributed by atoms with Crippen LogP contribution in [0, 0.1) is 0 Å². The highest BCUT2D eigenvalue weighted by molar-refractivity contribution is 7.92. The molecule has 0 radical (unpaired) electrons. The molecule has 1 amide bonds. The number of sulfonamides is 1. The Hall–Kier alpha value is -2.58. The largest absolute Gasteiger partial charge is 0.476 e. The van der Waals surface area contributed by atoms with Crippen LogP contribution in [0.1, 0.15) is 30.9 Å². The first-order chi connectivity index (χ1) is 15.0. The van der Waals surface area contributed by atoms with E-state index < -0.39 is 16.1 Å². The third-order valence-electron chi connectivity index (χ3n) is 5.79. The summed E-state index contributed by atoms with van der Waals surface area (Å²) in [5.74, 6) is 0.0359. The smallest absolute Gasteiger partial charge is 0.263 e. The van der Waals surface area contributed by atoms with Gasteiger partial charge in [0.2, 0.25) is 10.0 Å². The molecule has 166 valence electrons. The normalized spacial score (nSPS) is 19.0. The van der Waals surface area contributed by atoms with E-state index >= 15 is 0 Å². The first-order valence-corrected chi connectivity index (χ1v) is 12.4. The second-order valence-electron chi connectivity index (χ2n) is 8.03. The second kappa shape index (κ2) is 9.28. The maximum absolute atomic E-state index is 12.8. The van der Waals surface area contributed by atoms with Crippen LogP contribution in [0.4, 0.5) is 5.69 Å². The number of fused-ring (bicyclic) bond motifs is 1. The van der Waals surface area contributed by atoms with Gasteiger partial charge in [0.25, 0.3) is 5.91 Å². The molecule has 1 atom stereocenters. The first-order valence-electron chi connectivity index (χ1n) is 10.8. The van der Waals surface area contributed by atoms with E-state index in [1.165, 1.54) is 22.7 Å². The number of carbonyl (C=O) groups is 1. The molecular formula is C23H29N3O4S. The highest BCUT2D eigenvalue weighted by Gasteiger charge is 2.35. The van der Waals surface area contributed by atoms with E-state index in [0.29, 0.717) is 18.0 Å². The van der Waals surface area contributed by atoms with Crippen molar-refractivity contribution >= 4 is 21.6 Å². The van der Waals surface area contributed by atoms with Gasteiger partial charge in [0.05, 0.1) is 18.0 Å². The lowest BCUT2D eigenvalue weighted by Crippen LogP contribution is -2.50. The van der Waals surface area contributed by atoms with Crippen molar-refractivity contribution in [1.82, 2.24) is 10.2 Å². The lowest BCUT2D eigenvalue weighted by Gasteiger charge is -2.34. The molecule has 2 aromatic carbocycles. The molecule has 0 unspecified atom stereocenters. The summed E-state index contributed by atoms with van der Waals surface area (Å²) < 4.78 is 32.3. The summed E-state index contributed by atoms with van der Waals surface area (Å²) >= 11 is 0. The Morgan fingerprint density at radius 1 is 1.10 bits per heavy atom. The monoisotopic (exact) mass is 443 g/mol. The second-order valence-corrected chi connectivity index (χ2v) is 10.2. The van der Waals surface area contributed by atoms with Crippen LogP contribution in [0.5, 0.6) is 5.75 Å². The number of hydrogen-bond donors (Lipinski definition) is 1. The average Bonchev–Trinajstić information content (AvgIpc) is 3.30. The number of rotatable bonds is 7. The molecule has 1 N–H and O–H groups in total. The van der Waals surface area contributed by atoms with Gasteiger partial charge >= 0.3 is 0 Å². The Morgan fingerprint density at radius 3 is 2.61 bits per heavy atom. The van der Waals surface area contributed by atoms with Crippen LogP contribution >= 0.6 is 0 Å². The molecule has 4 rings (SSSR count). The molecule has 1 fully saturated rings. The van der Waals surface area contributed by atoms with Crippen molar-refractivity contribution in [2.45, 2.75) is 39.0 Å². The Bertz CT molecular complexity index is 1030. The molecule has 2 aliphatic rings. The van der Waals surface area contributed by atoms with Gasteiger partial charge in [0.15, 0.2) is 6.10 Å². The molecule has 0 spiro atoms. The van der Waals surface area contributed by atoms with E-state index in [9.17, 15) is 13.2 Å². The molecule has 2 aliphatic heterocycles. The van der Waals surface area contributed by atoms with Gasteiger partial charge in [-0.1, -0.05) is 36.4 Å². The molecule has 0 aliphatic carbocycles. The number of nitrogens with zero attached hydrogens (tertiary/aromatic N) is 2. The predicted molar refractivity (Wildman–Crippen MR) is 120 cm³/mol. The van der Waals surface area contributed by atoms with Gasteiger partial charge in [-0.25, -0.2) is 8.42 Å². The summed E-state index contributed by atoms with van der Waals surface area (Å²) in [7, 11) is -3.52. The molecular weight excluding hydrogens is 414 g/mol. The standard InChI is InChI=1S/C23H29N3O4S/c1-2-31(28,29)26-17-22(30-21-11-4-3-10-20(21)26)23(27)24-15-18-8-7-9-19(14-18)16-25-12-5-6-13-25/h3-4,7-11,14,22H,2,5-6,12-13,15-17H2,1H3,(H,24,27)/t22-/m1/s1. The predicted octanol–water partition coefficient (Wildman–Crippen LogP) is 2.52. The first kappa shape index (κ1) is 21.6.